The second-order valence-corrected chi connectivity index (χ2v) is 7.46. The molecule has 1 N–H and O–H groups in total. The summed E-state index contributed by atoms with van der Waals surface area (Å²) in [4.78, 5) is 27.2. The Balaban J connectivity index is 1.51. The highest BCUT2D eigenvalue weighted by Gasteiger charge is 2.30. The number of nitrogens with zero attached hydrogens (tertiary/aromatic N) is 1. The van der Waals surface area contributed by atoms with Gasteiger partial charge >= 0.3 is 0 Å². The molecule has 0 bridgehead atoms. The van der Waals surface area contributed by atoms with Crippen molar-refractivity contribution in [3.63, 3.8) is 0 Å². The summed E-state index contributed by atoms with van der Waals surface area (Å²) in [5, 5.41) is 3.22. The summed E-state index contributed by atoms with van der Waals surface area (Å²) in [6.07, 6.45) is 7.01. The second kappa shape index (κ2) is 8.50. The molecule has 136 valence electrons. The van der Waals surface area contributed by atoms with Crippen LogP contribution in [0.5, 0.6) is 0 Å². The number of benzene rings is 1. The summed E-state index contributed by atoms with van der Waals surface area (Å²) in [7, 11) is 0. The predicted molar refractivity (Wildman–Crippen MR) is 99.2 cm³/mol. The molecule has 1 saturated heterocycles. The molecule has 4 heteroatoms. The first-order chi connectivity index (χ1) is 12.2. The van der Waals surface area contributed by atoms with Crippen molar-refractivity contribution in [1.82, 2.24) is 10.2 Å². The Kier molecular flexibility index (Phi) is 6.11. The number of nitrogens with one attached hydrogen (secondary N) is 1. The molecule has 2 fully saturated rings. The second-order valence-electron chi connectivity index (χ2n) is 7.46. The number of likely N-dealkylation sites (tertiary alicyclic amines) is 1. The van der Waals surface area contributed by atoms with Crippen LogP contribution in [0, 0.1) is 5.92 Å². The van der Waals surface area contributed by atoms with E-state index in [9.17, 15) is 9.59 Å². The van der Waals surface area contributed by atoms with Gasteiger partial charge in [-0.15, -0.1) is 0 Å². The van der Waals surface area contributed by atoms with Crippen molar-refractivity contribution in [1.29, 1.82) is 0 Å². The fourth-order valence-electron chi connectivity index (χ4n) is 4.21. The van der Waals surface area contributed by atoms with Gasteiger partial charge in [0.25, 0.3) is 0 Å². The zero-order valence-corrected chi connectivity index (χ0v) is 15.2. The van der Waals surface area contributed by atoms with Gasteiger partial charge in [0.1, 0.15) is 0 Å². The van der Waals surface area contributed by atoms with Crippen LogP contribution in [-0.2, 0) is 9.59 Å². The molecular formula is C21H30N2O2. The molecule has 0 radical (unpaired) electrons. The molecule has 1 aromatic rings. The van der Waals surface area contributed by atoms with Crippen LogP contribution in [0.15, 0.2) is 30.3 Å². The van der Waals surface area contributed by atoms with Crippen molar-refractivity contribution in [2.24, 2.45) is 5.92 Å². The van der Waals surface area contributed by atoms with Gasteiger partial charge in [-0.3, -0.25) is 9.59 Å². The highest BCUT2D eigenvalue weighted by molar-refractivity contribution is 5.84. The van der Waals surface area contributed by atoms with Crippen molar-refractivity contribution >= 4 is 11.8 Å². The lowest BCUT2D eigenvalue weighted by atomic mass is 9.93. The highest BCUT2D eigenvalue weighted by Crippen LogP contribution is 2.26. The maximum Gasteiger partial charge on any atom is 0.230 e. The van der Waals surface area contributed by atoms with Crippen LogP contribution < -0.4 is 5.32 Å². The number of piperidine rings is 1. The standard InChI is InChI=1S/C21H30N2O2/c1-2-19(16-8-4-3-5-9-16)21(25)23-14-12-18(13-15-23)22-20(24)17-10-6-7-11-17/h3-5,8-9,17-19H,2,6-7,10-15H2,1H3,(H,22,24)/t19-/m0/s1. The molecule has 0 spiro atoms. The van der Waals surface area contributed by atoms with Crippen molar-refractivity contribution < 1.29 is 9.59 Å². The van der Waals surface area contributed by atoms with Gasteiger partial charge in [0.05, 0.1) is 5.92 Å². The largest absolute Gasteiger partial charge is 0.353 e. The van der Waals surface area contributed by atoms with E-state index in [2.05, 4.69) is 12.2 Å². The van der Waals surface area contributed by atoms with Crippen LogP contribution in [0.25, 0.3) is 0 Å². The Hall–Kier alpha value is -1.84. The first kappa shape index (κ1) is 18.0. The molecule has 0 unspecified atom stereocenters. The molecule has 3 rings (SSSR count). The minimum absolute atomic E-state index is 0.0502. The van der Waals surface area contributed by atoms with Gasteiger partial charge in [0, 0.05) is 25.0 Å². The van der Waals surface area contributed by atoms with Crippen molar-refractivity contribution in [3.05, 3.63) is 35.9 Å². The van der Waals surface area contributed by atoms with Crippen molar-refractivity contribution in [2.45, 2.75) is 63.8 Å². The SMILES string of the molecule is CC[C@H](C(=O)N1CCC(NC(=O)C2CCCC2)CC1)c1ccccc1. The van der Waals surface area contributed by atoms with Crippen LogP contribution >= 0.6 is 0 Å². The lowest BCUT2D eigenvalue weighted by molar-refractivity contribution is -0.134. The van der Waals surface area contributed by atoms with Gasteiger partial charge in [-0.25, -0.2) is 0 Å². The van der Waals surface area contributed by atoms with Gasteiger partial charge < -0.3 is 10.2 Å². The fourth-order valence-corrected chi connectivity index (χ4v) is 4.21. The molecule has 2 aliphatic rings. The molecule has 2 amide bonds. The van der Waals surface area contributed by atoms with Gasteiger partial charge in [-0.2, -0.15) is 0 Å². The average Bonchev–Trinajstić information content (AvgIpc) is 3.19. The van der Waals surface area contributed by atoms with Crippen LogP contribution in [0.1, 0.15) is 63.4 Å². The van der Waals surface area contributed by atoms with Crippen molar-refractivity contribution in [3.8, 4) is 0 Å². The summed E-state index contributed by atoms with van der Waals surface area (Å²) in [5.41, 5.74) is 1.10. The zero-order valence-electron chi connectivity index (χ0n) is 15.2. The lowest BCUT2D eigenvalue weighted by Crippen LogP contribution is -2.48. The Morgan fingerprint density at radius 1 is 1.08 bits per heavy atom. The molecule has 0 aromatic heterocycles. The van der Waals surface area contributed by atoms with E-state index in [1.54, 1.807) is 0 Å². The predicted octanol–water partition coefficient (Wildman–Crippen LogP) is 3.48. The van der Waals surface area contributed by atoms with E-state index in [-0.39, 0.29) is 29.7 Å². The molecular weight excluding hydrogens is 312 g/mol. The third-order valence-corrected chi connectivity index (χ3v) is 5.79. The maximum atomic E-state index is 12.9. The zero-order chi connectivity index (χ0) is 17.6. The third kappa shape index (κ3) is 4.42. The summed E-state index contributed by atoms with van der Waals surface area (Å²) in [5.74, 6) is 0.639. The molecule has 25 heavy (non-hydrogen) atoms. The quantitative estimate of drug-likeness (QED) is 0.890. The normalized spacial score (nSPS) is 20.4. The number of hydrogen-bond donors (Lipinski definition) is 1. The molecule has 4 nitrogen and oxygen atoms in total. The number of carbonyl (C=O) groups excluding carboxylic acids is 2. The van der Waals surface area contributed by atoms with Crippen LogP contribution in [0.2, 0.25) is 0 Å². The number of amides is 2. The topological polar surface area (TPSA) is 49.4 Å². The molecule has 1 aliphatic heterocycles. The van der Waals surface area contributed by atoms with E-state index in [1.807, 2.05) is 35.2 Å². The minimum atomic E-state index is -0.0502. The first-order valence-corrected chi connectivity index (χ1v) is 9.83. The van der Waals surface area contributed by atoms with E-state index in [0.29, 0.717) is 0 Å². The Bertz CT molecular complexity index is 573. The van der Waals surface area contributed by atoms with E-state index in [0.717, 1.165) is 50.8 Å². The van der Waals surface area contributed by atoms with E-state index >= 15 is 0 Å². The number of rotatable bonds is 5. The highest BCUT2D eigenvalue weighted by atomic mass is 16.2. The number of hydrogen-bond acceptors (Lipinski definition) is 2. The molecule has 1 heterocycles. The average molecular weight is 342 g/mol. The summed E-state index contributed by atoms with van der Waals surface area (Å²) < 4.78 is 0. The third-order valence-electron chi connectivity index (χ3n) is 5.79. The van der Waals surface area contributed by atoms with Gasteiger partial charge in [-0.1, -0.05) is 50.1 Å². The van der Waals surface area contributed by atoms with Crippen LogP contribution in [0.4, 0.5) is 0 Å². The van der Waals surface area contributed by atoms with E-state index in [4.69, 9.17) is 0 Å². The van der Waals surface area contributed by atoms with Gasteiger partial charge in [0.15, 0.2) is 0 Å². The van der Waals surface area contributed by atoms with Crippen LogP contribution in [0.3, 0.4) is 0 Å². The maximum absolute atomic E-state index is 12.9. The summed E-state index contributed by atoms with van der Waals surface area (Å²) in [6.45, 7) is 3.57. The Morgan fingerprint density at radius 2 is 1.72 bits per heavy atom. The van der Waals surface area contributed by atoms with Crippen molar-refractivity contribution in [2.75, 3.05) is 13.1 Å². The molecule has 1 aliphatic carbocycles. The molecule has 1 aromatic carbocycles. The van der Waals surface area contributed by atoms with E-state index in [1.165, 1.54) is 12.8 Å². The van der Waals surface area contributed by atoms with Crippen LogP contribution in [-0.4, -0.2) is 35.8 Å². The minimum Gasteiger partial charge on any atom is -0.353 e. The monoisotopic (exact) mass is 342 g/mol. The van der Waals surface area contributed by atoms with Gasteiger partial charge in [0.2, 0.25) is 11.8 Å². The Morgan fingerprint density at radius 3 is 2.32 bits per heavy atom. The van der Waals surface area contributed by atoms with Gasteiger partial charge in [-0.05, 0) is 37.7 Å². The molecule has 1 atom stereocenters. The molecule has 1 saturated carbocycles. The fraction of sp³-hybridized carbons (Fsp3) is 0.619. The summed E-state index contributed by atoms with van der Waals surface area (Å²) in [6, 6.07) is 10.3. The lowest BCUT2D eigenvalue weighted by Gasteiger charge is -2.35. The first-order valence-electron chi connectivity index (χ1n) is 9.83. The Labute approximate surface area is 151 Å². The summed E-state index contributed by atoms with van der Waals surface area (Å²) >= 11 is 0. The smallest absolute Gasteiger partial charge is 0.230 e. The number of carbonyl (C=O) groups is 2. The van der Waals surface area contributed by atoms with E-state index < -0.39 is 0 Å².